The van der Waals surface area contributed by atoms with E-state index in [1.54, 1.807) is 45.0 Å². The number of carbonyl (C=O) groups excluding carboxylic acids is 1. The fourth-order valence-electron chi connectivity index (χ4n) is 2.69. The third-order valence-electron chi connectivity index (χ3n) is 4.21. The van der Waals surface area contributed by atoms with Crippen molar-refractivity contribution in [3.8, 4) is 5.75 Å². The molecular formula is C19H23ClN2O4S. The summed E-state index contributed by atoms with van der Waals surface area (Å²) in [5.74, 6) is 0.0157. The highest BCUT2D eigenvalue weighted by molar-refractivity contribution is 7.89. The summed E-state index contributed by atoms with van der Waals surface area (Å²) in [7, 11) is -2.17. The first-order valence-corrected chi connectivity index (χ1v) is 10.3. The lowest BCUT2D eigenvalue weighted by atomic mass is 10.1. The SMILES string of the molecule is CCN(CC)S(=O)(=O)c1ccc(C)c(C(=O)Nc2cc(Cl)ccc2OC)c1. The largest absolute Gasteiger partial charge is 0.495 e. The number of sulfonamides is 1. The predicted octanol–water partition coefficient (Wildman–Crippen LogP) is 3.94. The Morgan fingerprint density at radius 3 is 2.41 bits per heavy atom. The topological polar surface area (TPSA) is 75.7 Å². The summed E-state index contributed by atoms with van der Waals surface area (Å²) in [6.45, 7) is 6.00. The molecule has 0 fully saturated rings. The second-order valence-corrected chi connectivity index (χ2v) is 8.24. The van der Waals surface area contributed by atoms with Crippen LogP contribution in [0.3, 0.4) is 0 Å². The van der Waals surface area contributed by atoms with Crippen molar-refractivity contribution < 1.29 is 17.9 Å². The highest BCUT2D eigenvalue weighted by Crippen LogP contribution is 2.29. The first kappa shape index (κ1) is 21.2. The maximum absolute atomic E-state index is 12.8. The minimum absolute atomic E-state index is 0.0833. The molecule has 0 aliphatic rings. The molecule has 146 valence electrons. The summed E-state index contributed by atoms with van der Waals surface area (Å²) in [5.41, 5.74) is 1.34. The lowest BCUT2D eigenvalue weighted by Crippen LogP contribution is -2.30. The third-order valence-corrected chi connectivity index (χ3v) is 6.49. The Morgan fingerprint density at radius 1 is 1.15 bits per heavy atom. The molecule has 0 atom stereocenters. The zero-order valence-corrected chi connectivity index (χ0v) is 17.3. The summed E-state index contributed by atoms with van der Waals surface area (Å²) in [4.78, 5) is 12.9. The second kappa shape index (κ2) is 8.73. The number of halogens is 1. The molecule has 0 aliphatic heterocycles. The third kappa shape index (κ3) is 4.61. The number of ether oxygens (including phenoxy) is 1. The zero-order chi connectivity index (χ0) is 20.2. The smallest absolute Gasteiger partial charge is 0.256 e. The van der Waals surface area contributed by atoms with Crippen LogP contribution in [0.5, 0.6) is 5.75 Å². The van der Waals surface area contributed by atoms with Gasteiger partial charge in [-0.15, -0.1) is 0 Å². The van der Waals surface area contributed by atoms with E-state index < -0.39 is 15.9 Å². The monoisotopic (exact) mass is 410 g/mol. The Morgan fingerprint density at radius 2 is 1.81 bits per heavy atom. The van der Waals surface area contributed by atoms with Crippen molar-refractivity contribution in [3.63, 3.8) is 0 Å². The minimum atomic E-state index is -3.66. The molecular weight excluding hydrogens is 388 g/mol. The Balaban J connectivity index is 2.42. The molecule has 0 unspecified atom stereocenters. The van der Waals surface area contributed by atoms with Crippen molar-refractivity contribution >= 4 is 33.2 Å². The van der Waals surface area contributed by atoms with E-state index in [1.165, 1.54) is 23.5 Å². The van der Waals surface area contributed by atoms with Gasteiger partial charge in [0, 0.05) is 23.7 Å². The van der Waals surface area contributed by atoms with Crippen LogP contribution in [0, 0.1) is 6.92 Å². The number of carbonyl (C=O) groups is 1. The molecule has 0 aliphatic carbocycles. The van der Waals surface area contributed by atoms with E-state index in [4.69, 9.17) is 16.3 Å². The molecule has 2 aromatic carbocycles. The molecule has 2 aromatic rings. The lowest BCUT2D eigenvalue weighted by molar-refractivity contribution is 0.102. The number of nitrogens with zero attached hydrogens (tertiary/aromatic N) is 1. The van der Waals surface area contributed by atoms with Crippen LogP contribution in [0.15, 0.2) is 41.3 Å². The Labute approximate surface area is 165 Å². The first-order chi connectivity index (χ1) is 12.7. The molecule has 0 spiro atoms. The van der Waals surface area contributed by atoms with Gasteiger partial charge in [0.1, 0.15) is 5.75 Å². The van der Waals surface area contributed by atoms with Gasteiger partial charge in [-0.1, -0.05) is 31.5 Å². The summed E-state index contributed by atoms with van der Waals surface area (Å²) >= 11 is 5.99. The Hall–Kier alpha value is -2.09. The number of nitrogens with one attached hydrogen (secondary N) is 1. The van der Waals surface area contributed by atoms with Crippen molar-refractivity contribution in [1.82, 2.24) is 4.31 Å². The molecule has 8 heteroatoms. The summed E-state index contributed by atoms with van der Waals surface area (Å²) < 4.78 is 32.1. The molecule has 2 rings (SSSR count). The average molecular weight is 411 g/mol. The van der Waals surface area contributed by atoms with E-state index >= 15 is 0 Å². The van der Waals surface area contributed by atoms with Crippen LogP contribution in [0.2, 0.25) is 5.02 Å². The van der Waals surface area contributed by atoms with E-state index in [0.29, 0.717) is 35.1 Å². The standard InChI is InChI=1S/C19H23ClN2O4S/c1-5-22(6-2)27(24,25)15-9-7-13(3)16(12-15)19(23)21-17-11-14(20)8-10-18(17)26-4/h7-12H,5-6H2,1-4H3,(H,21,23). The van der Waals surface area contributed by atoms with E-state index in [-0.39, 0.29) is 10.5 Å². The van der Waals surface area contributed by atoms with Gasteiger partial charge < -0.3 is 10.1 Å². The highest BCUT2D eigenvalue weighted by atomic mass is 35.5. The van der Waals surface area contributed by atoms with Crippen LogP contribution in [0.4, 0.5) is 5.69 Å². The highest BCUT2D eigenvalue weighted by Gasteiger charge is 2.23. The number of methoxy groups -OCH3 is 1. The van der Waals surface area contributed by atoms with Gasteiger partial charge in [-0.25, -0.2) is 8.42 Å². The van der Waals surface area contributed by atoms with E-state index in [2.05, 4.69) is 5.32 Å². The van der Waals surface area contributed by atoms with Crippen molar-refractivity contribution in [2.75, 3.05) is 25.5 Å². The molecule has 1 amide bonds. The van der Waals surface area contributed by atoms with Gasteiger partial charge in [0.15, 0.2) is 0 Å². The van der Waals surface area contributed by atoms with Gasteiger partial charge in [-0.3, -0.25) is 4.79 Å². The van der Waals surface area contributed by atoms with Crippen LogP contribution in [-0.4, -0.2) is 38.8 Å². The normalized spacial score (nSPS) is 11.5. The lowest BCUT2D eigenvalue weighted by Gasteiger charge is -2.19. The van der Waals surface area contributed by atoms with Crippen LogP contribution < -0.4 is 10.1 Å². The molecule has 1 N–H and O–H groups in total. The first-order valence-electron chi connectivity index (χ1n) is 8.50. The molecule has 0 saturated heterocycles. The summed E-state index contributed by atoms with van der Waals surface area (Å²) in [5, 5.41) is 3.18. The molecule has 0 aromatic heterocycles. The van der Waals surface area contributed by atoms with Crippen molar-refractivity contribution in [3.05, 3.63) is 52.5 Å². The molecule has 0 saturated carbocycles. The number of hydrogen-bond acceptors (Lipinski definition) is 4. The summed E-state index contributed by atoms with van der Waals surface area (Å²) in [6, 6.07) is 9.41. The van der Waals surface area contributed by atoms with Gasteiger partial charge in [0.2, 0.25) is 10.0 Å². The van der Waals surface area contributed by atoms with Crippen LogP contribution in [0.1, 0.15) is 29.8 Å². The summed E-state index contributed by atoms with van der Waals surface area (Å²) in [6.07, 6.45) is 0. The van der Waals surface area contributed by atoms with Gasteiger partial charge >= 0.3 is 0 Å². The van der Waals surface area contributed by atoms with Crippen molar-refractivity contribution in [2.45, 2.75) is 25.7 Å². The van der Waals surface area contributed by atoms with Crippen molar-refractivity contribution in [2.24, 2.45) is 0 Å². The maximum Gasteiger partial charge on any atom is 0.256 e. The van der Waals surface area contributed by atoms with Gasteiger partial charge in [-0.05, 0) is 42.8 Å². The van der Waals surface area contributed by atoms with Gasteiger partial charge in [0.05, 0.1) is 17.7 Å². The molecule has 0 radical (unpaired) electrons. The number of amides is 1. The fourth-order valence-corrected chi connectivity index (χ4v) is 4.34. The Kier molecular flexibility index (Phi) is 6.86. The number of anilines is 1. The zero-order valence-electron chi connectivity index (χ0n) is 15.7. The fraction of sp³-hybridized carbons (Fsp3) is 0.316. The van der Waals surface area contributed by atoms with Crippen molar-refractivity contribution in [1.29, 1.82) is 0 Å². The molecule has 0 bridgehead atoms. The van der Waals surface area contributed by atoms with E-state index in [1.807, 2.05) is 0 Å². The Bertz CT molecular complexity index is 941. The van der Waals surface area contributed by atoms with Crippen LogP contribution >= 0.6 is 11.6 Å². The minimum Gasteiger partial charge on any atom is -0.495 e. The number of aryl methyl sites for hydroxylation is 1. The number of benzene rings is 2. The van der Waals surface area contributed by atoms with E-state index in [0.717, 1.165) is 0 Å². The number of hydrogen-bond donors (Lipinski definition) is 1. The molecule has 0 heterocycles. The predicted molar refractivity (Wildman–Crippen MR) is 107 cm³/mol. The number of rotatable bonds is 7. The maximum atomic E-state index is 12.8. The molecule has 27 heavy (non-hydrogen) atoms. The van der Waals surface area contributed by atoms with Gasteiger partial charge in [0.25, 0.3) is 5.91 Å². The average Bonchev–Trinajstić information content (AvgIpc) is 2.62. The quantitative estimate of drug-likeness (QED) is 0.750. The van der Waals surface area contributed by atoms with Crippen LogP contribution in [0.25, 0.3) is 0 Å². The van der Waals surface area contributed by atoms with Crippen LogP contribution in [-0.2, 0) is 10.0 Å². The molecule has 6 nitrogen and oxygen atoms in total. The van der Waals surface area contributed by atoms with Gasteiger partial charge in [-0.2, -0.15) is 4.31 Å². The second-order valence-electron chi connectivity index (χ2n) is 5.86. The van der Waals surface area contributed by atoms with E-state index in [9.17, 15) is 13.2 Å².